The highest BCUT2D eigenvalue weighted by molar-refractivity contribution is 9.10. The SMILES string of the molecule is CC(C)N(CC(N)=O)c1cccc(Br)n1. The topological polar surface area (TPSA) is 59.2 Å². The van der Waals surface area contributed by atoms with Crippen molar-refractivity contribution in [2.24, 2.45) is 5.73 Å². The van der Waals surface area contributed by atoms with Crippen LogP contribution in [0, 0.1) is 0 Å². The van der Waals surface area contributed by atoms with E-state index in [4.69, 9.17) is 5.73 Å². The zero-order valence-corrected chi connectivity index (χ0v) is 10.4. The molecule has 0 aliphatic heterocycles. The number of halogens is 1. The van der Waals surface area contributed by atoms with Crippen molar-refractivity contribution >= 4 is 27.7 Å². The van der Waals surface area contributed by atoms with Crippen molar-refractivity contribution in [3.05, 3.63) is 22.8 Å². The van der Waals surface area contributed by atoms with Gasteiger partial charge in [0.1, 0.15) is 10.4 Å². The number of hydrogen-bond acceptors (Lipinski definition) is 3. The number of amides is 1. The number of hydrogen-bond donors (Lipinski definition) is 1. The first kappa shape index (κ1) is 12.0. The summed E-state index contributed by atoms with van der Waals surface area (Å²) in [5.41, 5.74) is 5.19. The highest BCUT2D eigenvalue weighted by Gasteiger charge is 2.14. The van der Waals surface area contributed by atoms with Crippen molar-refractivity contribution in [3.8, 4) is 0 Å². The molecular formula is C10H14BrN3O. The van der Waals surface area contributed by atoms with Gasteiger partial charge in [-0.15, -0.1) is 0 Å². The fourth-order valence-corrected chi connectivity index (χ4v) is 1.59. The van der Waals surface area contributed by atoms with Gasteiger partial charge in [0.25, 0.3) is 0 Å². The number of carbonyl (C=O) groups excluding carboxylic acids is 1. The maximum absolute atomic E-state index is 10.9. The monoisotopic (exact) mass is 271 g/mol. The summed E-state index contributed by atoms with van der Waals surface area (Å²) in [5.74, 6) is 0.392. The fourth-order valence-electron chi connectivity index (χ4n) is 1.25. The minimum absolute atomic E-state index is 0.180. The normalized spacial score (nSPS) is 10.4. The number of nitrogens with two attached hydrogens (primary N) is 1. The Morgan fingerprint density at radius 3 is 2.73 bits per heavy atom. The molecule has 0 saturated carbocycles. The van der Waals surface area contributed by atoms with E-state index in [0.717, 1.165) is 10.4 Å². The van der Waals surface area contributed by atoms with Crippen LogP contribution in [0.1, 0.15) is 13.8 Å². The molecule has 0 spiro atoms. The number of nitrogens with zero attached hydrogens (tertiary/aromatic N) is 2. The molecule has 4 nitrogen and oxygen atoms in total. The molecule has 0 saturated heterocycles. The Labute approximate surface area is 97.6 Å². The molecular weight excluding hydrogens is 258 g/mol. The van der Waals surface area contributed by atoms with Crippen LogP contribution in [0.25, 0.3) is 0 Å². The minimum atomic E-state index is -0.356. The van der Waals surface area contributed by atoms with Crippen LogP contribution in [0.4, 0.5) is 5.82 Å². The standard InChI is InChI=1S/C10H14BrN3O/c1-7(2)14(6-9(12)15)10-5-3-4-8(11)13-10/h3-5,7H,6H2,1-2H3,(H2,12,15). The van der Waals surface area contributed by atoms with Gasteiger partial charge in [-0.25, -0.2) is 4.98 Å². The Balaban J connectivity index is 2.93. The summed E-state index contributed by atoms with van der Waals surface area (Å²) in [6.45, 7) is 4.16. The molecule has 0 unspecified atom stereocenters. The first-order valence-electron chi connectivity index (χ1n) is 4.68. The average Bonchev–Trinajstić information content (AvgIpc) is 2.13. The second kappa shape index (κ2) is 5.11. The third-order valence-electron chi connectivity index (χ3n) is 1.94. The van der Waals surface area contributed by atoms with E-state index in [9.17, 15) is 4.79 Å². The van der Waals surface area contributed by atoms with Crippen LogP contribution in [0.3, 0.4) is 0 Å². The van der Waals surface area contributed by atoms with Crippen molar-refractivity contribution in [2.75, 3.05) is 11.4 Å². The Bertz CT molecular complexity index is 354. The molecule has 0 bridgehead atoms. The molecule has 0 aromatic carbocycles. The molecule has 1 aromatic heterocycles. The smallest absolute Gasteiger partial charge is 0.237 e. The van der Waals surface area contributed by atoms with Gasteiger partial charge in [0.15, 0.2) is 0 Å². The van der Waals surface area contributed by atoms with Gasteiger partial charge in [0.05, 0.1) is 6.54 Å². The number of carbonyl (C=O) groups is 1. The molecule has 1 amide bonds. The van der Waals surface area contributed by atoms with Crippen molar-refractivity contribution in [3.63, 3.8) is 0 Å². The molecule has 82 valence electrons. The van der Waals surface area contributed by atoms with Crippen LogP contribution in [-0.2, 0) is 4.79 Å². The predicted molar refractivity (Wildman–Crippen MR) is 63.6 cm³/mol. The van der Waals surface area contributed by atoms with E-state index in [1.807, 2.05) is 36.9 Å². The Morgan fingerprint density at radius 2 is 2.27 bits per heavy atom. The molecule has 1 rings (SSSR count). The van der Waals surface area contributed by atoms with Crippen molar-refractivity contribution < 1.29 is 4.79 Å². The van der Waals surface area contributed by atoms with E-state index >= 15 is 0 Å². The van der Waals surface area contributed by atoms with Crippen LogP contribution in [0.5, 0.6) is 0 Å². The van der Waals surface area contributed by atoms with E-state index in [1.165, 1.54) is 0 Å². The number of aromatic nitrogens is 1. The molecule has 5 heteroatoms. The molecule has 0 aliphatic rings. The van der Waals surface area contributed by atoms with Gasteiger partial charge in [-0.3, -0.25) is 4.79 Å². The summed E-state index contributed by atoms with van der Waals surface area (Å²) in [7, 11) is 0. The first-order valence-corrected chi connectivity index (χ1v) is 5.47. The highest BCUT2D eigenvalue weighted by Crippen LogP contribution is 2.16. The molecule has 0 aliphatic carbocycles. The maximum Gasteiger partial charge on any atom is 0.237 e. The summed E-state index contributed by atoms with van der Waals surface area (Å²) in [6, 6.07) is 5.75. The van der Waals surface area contributed by atoms with E-state index in [0.29, 0.717) is 0 Å². The Morgan fingerprint density at radius 1 is 1.60 bits per heavy atom. The zero-order chi connectivity index (χ0) is 11.4. The molecule has 1 heterocycles. The van der Waals surface area contributed by atoms with Crippen molar-refractivity contribution in [2.45, 2.75) is 19.9 Å². The Hall–Kier alpha value is -1.10. The average molecular weight is 272 g/mol. The molecule has 1 aromatic rings. The van der Waals surface area contributed by atoms with Gasteiger partial charge in [-0.1, -0.05) is 6.07 Å². The molecule has 2 N–H and O–H groups in total. The number of primary amides is 1. The van der Waals surface area contributed by atoms with Gasteiger partial charge >= 0.3 is 0 Å². The van der Waals surface area contributed by atoms with Crippen LogP contribution < -0.4 is 10.6 Å². The number of anilines is 1. The fraction of sp³-hybridized carbons (Fsp3) is 0.400. The predicted octanol–water partition coefficient (Wildman–Crippen LogP) is 1.54. The maximum atomic E-state index is 10.9. The molecule has 0 fully saturated rings. The van der Waals surface area contributed by atoms with Crippen LogP contribution >= 0.6 is 15.9 Å². The summed E-state index contributed by atoms with van der Waals surface area (Å²) in [4.78, 5) is 17.1. The second-order valence-electron chi connectivity index (χ2n) is 3.51. The lowest BCUT2D eigenvalue weighted by Gasteiger charge is -2.26. The van der Waals surface area contributed by atoms with Crippen LogP contribution in [-0.4, -0.2) is 23.5 Å². The first-order chi connectivity index (χ1) is 7.00. The summed E-state index contributed by atoms with van der Waals surface area (Å²) >= 11 is 3.29. The van der Waals surface area contributed by atoms with Crippen molar-refractivity contribution in [1.29, 1.82) is 0 Å². The molecule has 0 atom stereocenters. The zero-order valence-electron chi connectivity index (χ0n) is 8.77. The molecule has 15 heavy (non-hydrogen) atoms. The van der Waals surface area contributed by atoms with Crippen LogP contribution in [0.15, 0.2) is 22.8 Å². The van der Waals surface area contributed by atoms with E-state index in [1.54, 1.807) is 0 Å². The van der Waals surface area contributed by atoms with Gasteiger partial charge in [-0.05, 0) is 41.9 Å². The molecule has 0 radical (unpaired) electrons. The third-order valence-corrected chi connectivity index (χ3v) is 2.39. The van der Waals surface area contributed by atoms with Gasteiger partial charge in [0.2, 0.25) is 5.91 Å². The summed E-state index contributed by atoms with van der Waals surface area (Å²) in [5, 5.41) is 0. The van der Waals surface area contributed by atoms with E-state index < -0.39 is 0 Å². The summed E-state index contributed by atoms with van der Waals surface area (Å²) < 4.78 is 0.745. The second-order valence-corrected chi connectivity index (χ2v) is 4.32. The van der Waals surface area contributed by atoms with Gasteiger partial charge < -0.3 is 10.6 Å². The number of pyridine rings is 1. The van der Waals surface area contributed by atoms with Gasteiger partial charge in [-0.2, -0.15) is 0 Å². The quantitative estimate of drug-likeness (QED) is 0.846. The van der Waals surface area contributed by atoms with Gasteiger partial charge in [0, 0.05) is 6.04 Å². The van der Waals surface area contributed by atoms with E-state index in [-0.39, 0.29) is 18.5 Å². The minimum Gasteiger partial charge on any atom is -0.368 e. The lowest BCUT2D eigenvalue weighted by Crippen LogP contribution is -2.39. The van der Waals surface area contributed by atoms with E-state index in [2.05, 4.69) is 20.9 Å². The lowest BCUT2D eigenvalue weighted by molar-refractivity contribution is -0.116. The van der Waals surface area contributed by atoms with Crippen LogP contribution in [0.2, 0.25) is 0 Å². The highest BCUT2D eigenvalue weighted by atomic mass is 79.9. The van der Waals surface area contributed by atoms with Crippen molar-refractivity contribution in [1.82, 2.24) is 4.98 Å². The lowest BCUT2D eigenvalue weighted by atomic mass is 10.3. The number of rotatable bonds is 4. The third kappa shape index (κ3) is 3.51. The summed E-state index contributed by atoms with van der Waals surface area (Å²) in [6.07, 6.45) is 0. The largest absolute Gasteiger partial charge is 0.368 e. The Kier molecular flexibility index (Phi) is 4.08.